The van der Waals surface area contributed by atoms with Crippen LogP contribution in [0, 0.1) is 11.3 Å². The van der Waals surface area contributed by atoms with Crippen LogP contribution in [0.15, 0.2) is 48.5 Å². The Balaban J connectivity index is 2.25. The fraction of sp³-hybridized carbons (Fsp3) is 0.464. The lowest BCUT2D eigenvalue weighted by molar-refractivity contribution is -0.162. The molecule has 1 aliphatic rings. The molecule has 1 amide bonds. The highest BCUT2D eigenvalue weighted by Crippen LogP contribution is 2.52. The number of carboxylic acid groups (broad SMARTS) is 1. The molecular formula is C28H33Cl2NO4. The summed E-state index contributed by atoms with van der Waals surface area (Å²) in [4.78, 5) is 41.1. The number of halogens is 2. The Labute approximate surface area is 217 Å². The van der Waals surface area contributed by atoms with Crippen molar-refractivity contribution in [2.24, 2.45) is 11.3 Å². The first-order valence-corrected chi connectivity index (χ1v) is 12.8. The lowest BCUT2D eigenvalue weighted by atomic mass is 9.66. The van der Waals surface area contributed by atoms with E-state index in [1.54, 1.807) is 30.0 Å². The van der Waals surface area contributed by atoms with Crippen LogP contribution in [0.3, 0.4) is 0 Å². The number of amides is 1. The highest BCUT2D eigenvalue weighted by molar-refractivity contribution is 6.30. The first-order chi connectivity index (χ1) is 16.5. The number of rotatable bonds is 9. The number of hydrogen-bond donors (Lipinski definition) is 1. The van der Waals surface area contributed by atoms with Gasteiger partial charge in [0.2, 0.25) is 5.91 Å². The maximum absolute atomic E-state index is 14.1. The largest absolute Gasteiger partial charge is 0.481 e. The second kappa shape index (κ2) is 11.1. The summed E-state index contributed by atoms with van der Waals surface area (Å²) in [5.74, 6) is -1.49. The number of piperidine rings is 1. The minimum absolute atomic E-state index is 0.0146. The Kier molecular flexibility index (Phi) is 8.66. The molecular weight excluding hydrogens is 485 g/mol. The maximum Gasteiger partial charge on any atom is 0.304 e. The van der Waals surface area contributed by atoms with Gasteiger partial charge in [-0.2, -0.15) is 0 Å². The van der Waals surface area contributed by atoms with Gasteiger partial charge in [-0.15, -0.1) is 0 Å². The minimum Gasteiger partial charge on any atom is -0.481 e. The van der Waals surface area contributed by atoms with E-state index in [-0.39, 0.29) is 29.9 Å². The van der Waals surface area contributed by atoms with Gasteiger partial charge in [0.25, 0.3) is 0 Å². The molecule has 0 saturated carbocycles. The minimum atomic E-state index is -1.17. The Morgan fingerprint density at radius 3 is 2.29 bits per heavy atom. The van der Waals surface area contributed by atoms with Gasteiger partial charge in [0.15, 0.2) is 5.78 Å². The number of carboxylic acids is 1. The van der Waals surface area contributed by atoms with Crippen molar-refractivity contribution in [2.45, 2.75) is 71.4 Å². The Morgan fingerprint density at radius 1 is 1.09 bits per heavy atom. The summed E-state index contributed by atoms with van der Waals surface area (Å²) < 4.78 is 0. The normalized spacial score (nSPS) is 23.4. The molecule has 1 heterocycles. The van der Waals surface area contributed by atoms with Crippen LogP contribution >= 0.6 is 23.2 Å². The van der Waals surface area contributed by atoms with Crippen LogP contribution in [-0.2, 0) is 14.4 Å². The maximum atomic E-state index is 14.1. The van der Waals surface area contributed by atoms with E-state index in [0.717, 1.165) is 11.1 Å². The molecule has 0 radical (unpaired) electrons. The molecule has 2 aromatic rings. The number of aliphatic carboxylic acids is 1. The highest BCUT2D eigenvalue weighted by Gasteiger charge is 2.53. The van der Waals surface area contributed by atoms with Crippen LogP contribution in [0.4, 0.5) is 0 Å². The molecule has 0 aliphatic carbocycles. The van der Waals surface area contributed by atoms with Gasteiger partial charge < -0.3 is 10.0 Å². The lowest BCUT2D eigenvalue weighted by Gasteiger charge is -2.51. The number of likely N-dealkylation sites (tertiary alicyclic amines) is 1. The Morgan fingerprint density at radius 2 is 1.74 bits per heavy atom. The molecule has 1 aliphatic heterocycles. The molecule has 1 fully saturated rings. The highest BCUT2D eigenvalue weighted by atomic mass is 35.5. The van der Waals surface area contributed by atoms with Gasteiger partial charge in [-0.05, 0) is 54.2 Å². The van der Waals surface area contributed by atoms with Gasteiger partial charge in [0.05, 0.1) is 23.9 Å². The smallest absolute Gasteiger partial charge is 0.304 e. The topological polar surface area (TPSA) is 74.7 Å². The van der Waals surface area contributed by atoms with Crippen molar-refractivity contribution < 1.29 is 19.5 Å². The zero-order valence-electron chi connectivity index (χ0n) is 20.6. The number of nitrogens with zero attached hydrogens (tertiary/aromatic N) is 1. The number of carbonyl (C=O) groups is 3. The molecule has 3 rings (SSSR count). The third kappa shape index (κ3) is 6.07. The van der Waals surface area contributed by atoms with Crippen molar-refractivity contribution in [1.29, 1.82) is 0 Å². The second-order valence-corrected chi connectivity index (χ2v) is 11.1. The predicted molar refractivity (Wildman–Crippen MR) is 139 cm³/mol. The molecule has 0 aromatic heterocycles. The van der Waals surface area contributed by atoms with Crippen LogP contribution < -0.4 is 0 Å². The van der Waals surface area contributed by atoms with Gasteiger partial charge in [0.1, 0.15) is 0 Å². The number of Topliss-reactive ketones (excluding diaryl/α,β-unsaturated/α-hetero) is 1. The van der Waals surface area contributed by atoms with Crippen molar-refractivity contribution in [3.63, 3.8) is 0 Å². The predicted octanol–water partition coefficient (Wildman–Crippen LogP) is 6.93. The molecule has 5 nitrogen and oxygen atoms in total. The number of ketones is 1. The molecule has 1 N–H and O–H groups in total. The van der Waals surface area contributed by atoms with E-state index < -0.39 is 23.5 Å². The summed E-state index contributed by atoms with van der Waals surface area (Å²) in [6.07, 6.45) is 0.776. The van der Waals surface area contributed by atoms with Crippen molar-refractivity contribution in [3.05, 3.63) is 69.7 Å². The van der Waals surface area contributed by atoms with Crippen molar-refractivity contribution in [2.75, 3.05) is 0 Å². The zero-order valence-corrected chi connectivity index (χ0v) is 22.1. The standard InChI is InChI=1S/C28H33Cl2NO4/c1-5-23(24(32)13-17(2)3)31-26(18-9-11-20(29)12-10-18)22(19-7-6-8-21(30)14-19)15-28(4,27(31)35)16-25(33)34/h6-12,14,17,22-23,26H,5,13,15-16H2,1-4H3,(H,33,34)/t22?,23?,26-,28-/m1/s1. The first-order valence-electron chi connectivity index (χ1n) is 12.0. The van der Waals surface area contributed by atoms with E-state index in [2.05, 4.69) is 0 Å². The molecule has 0 bridgehead atoms. The first kappa shape index (κ1) is 27.2. The second-order valence-electron chi connectivity index (χ2n) is 10.2. The third-order valence-corrected chi connectivity index (χ3v) is 7.32. The molecule has 35 heavy (non-hydrogen) atoms. The molecule has 2 unspecified atom stereocenters. The van der Waals surface area contributed by atoms with Crippen molar-refractivity contribution in [1.82, 2.24) is 4.90 Å². The zero-order chi connectivity index (χ0) is 25.9. The van der Waals surface area contributed by atoms with E-state index >= 15 is 0 Å². The average Bonchev–Trinajstić information content (AvgIpc) is 2.77. The van der Waals surface area contributed by atoms with E-state index in [1.807, 2.05) is 51.1 Å². The molecule has 7 heteroatoms. The summed E-state index contributed by atoms with van der Waals surface area (Å²) >= 11 is 12.5. The molecule has 0 spiro atoms. The van der Waals surface area contributed by atoms with Crippen molar-refractivity contribution >= 4 is 40.9 Å². The van der Waals surface area contributed by atoms with Gasteiger partial charge in [-0.25, -0.2) is 0 Å². The number of benzene rings is 2. The van der Waals surface area contributed by atoms with Crippen LogP contribution in [-0.4, -0.2) is 33.7 Å². The van der Waals surface area contributed by atoms with Crippen LogP contribution in [0.5, 0.6) is 0 Å². The molecule has 188 valence electrons. The summed E-state index contributed by atoms with van der Waals surface area (Å²) in [5, 5.41) is 10.8. The van der Waals surface area contributed by atoms with Gasteiger partial charge in [0, 0.05) is 22.4 Å². The van der Waals surface area contributed by atoms with Gasteiger partial charge in [-0.1, -0.05) is 75.2 Å². The third-order valence-electron chi connectivity index (χ3n) is 6.84. The Bertz CT molecular complexity index is 1080. The molecule has 4 atom stereocenters. The molecule has 2 aromatic carbocycles. The summed E-state index contributed by atoms with van der Waals surface area (Å²) in [7, 11) is 0. The monoisotopic (exact) mass is 517 g/mol. The number of hydrogen-bond acceptors (Lipinski definition) is 3. The summed E-state index contributed by atoms with van der Waals surface area (Å²) in [6, 6.07) is 13.6. The van der Waals surface area contributed by atoms with Gasteiger partial charge in [-0.3, -0.25) is 14.4 Å². The average molecular weight is 518 g/mol. The van der Waals surface area contributed by atoms with Crippen LogP contribution in [0.1, 0.15) is 76.5 Å². The van der Waals surface area contributed by atoms with Crippen molar-refractivity contribution in [3.8, 4) is 0 Å². The lowest BCUT2D eigenvalue weighted by Crippen LogP contribution is -2.58. The van der Waals surface area contributed by atoms with Crippen LogP contribution in [0.25, 0.3) is 0 Å². The van der Waals surface area contributed by atoms with Crippen LogP contribution in [0.2, 0.25) is 10.0 Å². The summed E-state index contributed by atoms with van der Waals surface area (Å²) in [5.41, 5.74) is 0.575. The van der Waals surface area contributed by atoms with E-state index in [0.29, 0.717) is 29.3 Å². The van der Waals surface area contributed by atoms with E-state index in [9.17, 15) is 19.5 Å². The fourth-order valence-corrected chi connectivity index (χ4v) is 5.67. The fourth-order valence-electron chi connectivity index (χ4n) is 5.34. The quantitative estimate of drug-likeness (QED) is 0.391. The Hall–Kier alpha value is -2.37. The molecule has 1 saturated heterocycles. The SMILES string of the molecule is CCC(C(=O)CC(C)C)N1C(=O)[C@@](C)(CC(=O)O)CC(c2cccc(Cl)c2)[C@H]1c1ccc(Cl)cc1. The summed E-state index contributed by atoms with van der Waals surface area (Å²) in [6.45, 7) is 7.55. The number of carbonyl (C=O) groups excluding carboxylic acids is 2. The van der Waals surface area contributed by atoms with E-state index in [4.69, 9.17) is 23.2 Å². The van der Waals surface area contributed by atoms with Gasteiger partial charge >= 0.3 is 5.97 Å². The van der Waals surface area contributed by atoms with E-state index in [1.165, 1.54) is 0 Å².